The van der Waals surface area contributed by atoms with Crippen LogP contribution in [0.2, 0.25) is 0 Å². The molecule has 0 aromatic heterocycles. The van der Waals surface area contributed by atoms with E-state index in [9.17, 15) is 19.8 Å². The van der Waals surface area contributed by atoms with Crippen LogP contribution in [0.1, 0.15) is 90.9 Å². The lowest BCUT2D eigenvalue weighted by Crippen LogP contribution is -2.49. The molecule has 0 spiro atoms. The minimum absolute atomic E-state index is 0.325. The first-order chi connectivity index (χ1) is 13.9. The molecule has 0 aliphatic heterocycles. The van der Waals surface area contributed by atoms with Gasteiger partial charge >= 0.3 is 11.9 Å². The zero-order chi connectivity index (χ0) is 22.1. The molecule has 0 aliphatic carbocycles. The van der Waals surface area contributed by atoms with Gasteiger partial charge in [-0.25, -0.2) is 0 Å². The van der Waals surface area contributed by atoms with E-state index in [1.165, 1.54) is 25.0 Å². The number of rotatable bonds is 20. The monoisotopic (exact) mass is 409 g/mol. The molecule has 4 atom stereocenters. The van der Waals surface area contributed by atoms with Crippen molar-refractivity contribution in [1.29, 1.82) is 0 Å². The van der Waals surface area contributed by atoms with Crippen LogP contribution < -0.4 is 5.32 Å². The third-order valence-electron chi connectivity index (χ3n) is 5.61. The average Bonchev–Trinajstić information content (AvgIpc) is 2.67. The fourth-order valence-corrected chi connectivity index (χ4v) is 3.82. The summed E-state index contributed by atoms with van der Waals surface area (Å²) < 4.78 is 0. The number of carbonyl (C=O) groups is 2. The number of nitrogens with one attached hydrogen (secondary N) is 1. The number of aliphatic carboxylic acids is 2. The summed E-state index contributed by atoms with van der Waals surface area (Å²) in [4.78, 5) is 23.5. The molecule has 0 heterocycles. The Labute approximate surface area is 177 Å². The maximum Gasteiger partial charge on any atom is 0.311 e. The van der Waals surface area contributed by atoms with Crippen LogP contribution in [0.25, 0.3) is 0 Å². The first-order valence-electron chi connectivity index (χ1n) is 11.4. The van der Waals surface area contributed by atoms with Gasteiger partial charge in [0.1, 0.15) is 0 Å². The molecule has 5 heteroatoms. The summed E-state index contributed by atoms with van der Waals surface area (Å²) in [6.07, 6.45) is 15.2. The van der Waals surface area contributed by atoms with Crippen molar-refractivity contribution in [2.45, 2.75) is 103 Å². The lowest BCUT2D eigenvalue weighted by molar-refractivity contribution is -0.141. The molecule has 0 amide bonds. The molecular weight excluding hydrogens is 366 g/mol. The molecule has 168 valence electrons. The van der Waals surface area contributed by atoms with Gasteiger partial charge < -0.3 is 15.5 Å². The molecule has 5 nitrogen and oxygen atoms in total. The summed E-state index contributed by atoms with van der Waals surface area (Å²) in [5.74, 6) is -3.30. The van der Waals surface area contributed by atoms with Crippen LogP contribution >= 0.6 is 0 Å². The Morgan fingerprint density at radius 1 is 0.724 bits per heavy atom. The topological polar surface area (TPSA) is 86.6 Å². The number of hydrogen-bond donors (Lipinski definition) is 3. The lowest BCUT2D eigenvalue weighted by Gasteiger charge is -2.31. The fraction of sp³-hybridized carbons (Fsp3) is 0.750. The van der Waals surface area contributed by atoms with Crippen LogP contribution in [0.3, 0.4) is 0 Å². The Kier molecular flexibility index (Phi) is 16.3. The zero-order valence-corrected chi connectivity index (χ0v) is 18.6. The average molecular weight is 410 g/mol. The SMILES string of the molecule is C=CC(C(=O)O)C(CCCCCCC)NC(CCCCCCC)C(C=C)C(=O)O. The quantitative estimate of drug-likeness (QED) is 0.174. The van der Waals surface area contributed by atoms with Gasteiger partial charge in [0.2, 0.25) is 0 Å². The van der Waals surface area contributed by atoms with Gasteiger partial charge in [0, 0.05) is 12.1 Å². The Bertz CT molecular complexity index is 436. The van der Waals surface area contributed by atoms with E-state index in [1.807, 2.05) is 0 Å². The van der Waals surface area contributed by atoms with Gasteiger partial charge in [-0.3, -0.25) is 9.59 Å². The van der Waals surface area contributed by atoms with Crippen LogP contribution in [0.4, 0.5) is 0 Å². The van der Waals surface area contributed by atoms with Gasteiger partial charge in [-0.2, -0.15) is 0 Å². The largest absolute Gasteiger partial charge is 0.481 e. The van der Waals surface area contributed by atoms with Crippen LogP contribution in [0.15, 0.2) is 25.3 Å². The highest BCUT2D eigenvalue weighted by Gasteiger charge is 2.31. The standard InChI is InChI=1S/C24H43NO4/c1-5-9-11-13-15-17-21(19(7-3)23(26)27)25-22(20(8-4)24(28)29)18-16-14-12-10-6-2/h7-8,19-22,25H,3-6,9-18H2,1-2H3,(H,26,27)(H,28,29). The van der Waals surface area contributed by atoms with E-state index in [1.54, 1.807) is 0 Å². The summed E-state index contributed by atoms with van der Waals surface area (Å²) in [5.41, 5.74) is 0. The minimum atomic E-state index is -0.918. The van der Waals surface area contributed by atoms with Gasteiger partial charge in [0.15, 0.2) is 0 Å². The Morgan fingerprint density at radius 3 is 1.34 bits per heavy atom. The normalized spacial score (nSPS) is 15.2. The highest BCUT2D eigenvalue weighted by molar-refractivity contribution is 5.74. The van der Waals surface area contributed by atoms with Crippen molar-refractivity contribution >= 4 is 11.9 Å². The number of carboxylic acid groups (broad SMARTS) is 2. The van der Waals surface area contributed by atoms with E-state index in [4.69, 9.17) is 0 Å². The summed E-state index contributed by atoms with van der Waals surface area (Å²) in [6.45, 7) is 11.7. The first-order valence-corrected chi connectivity index (χ1v) is 11.4. The highest BCUT2D eigenvalue weighted by Crippen LogP contribution is 2.21. The van der Waals surface area contributed by atoms with Crippen molar-refractivity contribution in [3.8, 4) is 0 Å². The van der Waals surface area contributed by atoms with Crippen LogP contribution in [0, 0.1) is 11.8 Å². The van der Waals surface area contributed by atoms with Crippen molar-refractivity contribution in [2.75, 3.05) is 0 Å². The number of unbranched alkanes of at least 4 members (excludes halogenated alkanes) is 8. The predicted molar refractivity (Wildman–Crippen MR) is 120 cm³/mol. The van der Waals surface area contributed by atoms with Crippen LogP contribution in [0.5, 0.6) is 0 Å². The molecule has 0 rings (SSSR count). The van der Waals surface area contributed by atoms with E-state index in [2.05, 4.69) is 32.3 Å². The van der Waals surface area contributed by atoms with E-state index < -0.39 is 23.8 Å². The molecule has 0 saturated heterocycles. The number of carboxylic acids is 2. The number of hydrogen-bond acceptors (Lipinski definition) is 3. The van der Waals surface area contributed by atoms with Crippen LogP contribution in [-0.2, 0) is 9.59 Å². The molecule has 4 unspecified atom stereocenters. The predicted octanol–water partition coefficient (Wildman–Crippen LogP) is 5.81. The maximum absolute atomic E-state index is 11.7. The Balaban J connectivity index is 5.19. The molecule has 0 radical (unpaired) electrons. The van der Waals surface area contributed by atoms with Gasteiger partial charge in [-0.1, -0.05) is 90.2 Å². The Hall–Kier alpha value is -1.62. The van der Waals surface area contributed by atoms with Crippen molar-refractivity contribution in [1.82, 2.24) is 5.32 Å². The Morgan fingerprint density at radius 2 is 1.07 bits per heavy atom. The third kappa shape index (κ3) is 11.8. The third-order valence-corrected chi connectivity index (χ3v) is 5.61. The smallest absolute Gasteiger partial charge is 0.311 e. The molecule has 0 aromatic carbocycles. The first kappa shape index (κ1) is 27.4. The summed E-state index contributed by atoms with van der Waals surface area (Å²) in [5, 5.41) is 22.7. The summed E-state index contributed by atoms with van der Waals surface area (Å²) >= 11 is 0. The molecule has 29 heavy (non-hydrogen) atoms. The maximum atomic E-state index is 11.7. The van der Waals surface area contributed by atoms with E-state index in [0.29, 0.717) is 12.8 Å². The molecule has 0 aliphatic rings. The summed E-state index contributed by atoms with van der Waals surface area (Å²) in [7, 11) is 0. The molecule has 0 bridgehead atoms. The second kappa shape index (κ2) is 17.3. The molecule has 0 saturated carbocycles. The lowest BCUT2D eigenvalue weighted by atomic mass is 9.89. The van der Waals surface area contributed by atoms with Crippen molar-refractivity contribution < 1.29 is 19.8 Å². The molecule has 0 aromatic rings. The van der Waals surface area contributed by atoms with Gasteiger partial charge in [-0.15, -0.1) is 13.2 Å². The molecule has 0 fully saturated rings. The minimum Gasteiger partial charge on any atom is -0.481 e. The van der Waals surface area contributed by atoms with Crippen molar-refractivity contribution in [2.24, 2.45) is 11.8 Å². The highest BCUT2D eigenvalue weighted by atomic mass is 16.4. The second-order valence-corrected chi connectivity index (χ2v) is 7.98. The van der Waals surface area contributed by atoms with Crippen molar-refractivity contribution in [3.63, 3.8) is 0 Å². The van der Waals surface area contributed by atoms with Gasteiger partial charge in [0.05, 0.1) is 11.8 Å². The summed E-state index contributed by atoms with van der Waals surface area (Å²) in [6, 6.07) is -0.650. The fourth-order valence-electron chi connectivity index (χ4n) is 3.82. The van der Waals surface area contributed by atoms with Gasteiger partial charge in [0.25, 0.3) is 0 Å². The van der Waals surface area contributed by atoms with Crippen LogP contribution in [-0.4, -0.2) is 34.2 Å². The van der Waals surface area contributed by atoms with Gasteiger partial charge in [-0.05, 0) is 12.8 Å². The van der Waals surface area contributed by atoms with E-state index in [0.717, 1.165) is 51.4 Å². The van der Waals surface area contributed by atoms with E-state index in [-0.39, 0.29) is 12.1 Å². The zero-order valence-electron chi connectivity index (χ0n) is 18.6. The molecule has 3 N–H and O–H groups in total. The van der Waals surface area contributed by atoms with Crippen molar-refractivity contribution in [3.05, 3.63) is 25.3 Å². The van der Waals surface area contributed by atoms with E-state index >= 15 is 0 Å². The second-order valence-electron chi connectivity index (χ2n) is 7.98. The molecular formula is C24H43NO4.